The lowest BCUT2D eigenvalue weighted by Gasteiger charge is -2.35. The van der Waals surface area contributed by atoms with Gasteiger partial charge in [-0.25, -0.2) is 15.0 Å². The number of hydrogen-bond donors (Lipinski definition) is 1. The van der Waals surface area contributed by atoms with Gasteiger partial charge in [0, 0.05) is 29.9 Å². The SMILES string of the molecule is Cc1cc(C)nc(Nc2cnc(C3CCCN(C(C)C)C3)cn2)n1. The van der Waals surface area contributed by atoms with Gasteiger partial charge in [0.15, 0.2) is 5.82 Å². The maximum Gasteiger partial charge on any atom is 0.228 e. The lowest BCUT2D eigenvalue weighted by molar-refractivity contribution is 0.166. The molecule has 0 bridgehead atoms. The molecule has 3 heterocycles. The summed E-state index contributed by atoms with van der Waals surface area (Å²) < 4.78 is 0. The Balaban J connectivity index is 1.69. The van der Waals surface area contributed by atoms with E-state index in [0.29, 0.717) is 23.7 Å². The number of aryl methyl sites for hydroxylation is 2. The summed E-state index contributed by atoms with van der Waals surface area (Å²) in [6.07, 6.45) is 6.08. The van der Waals surface area contributed by atoms with Crippen molar-refractivity contribution in [3.05, 3.63) is 35.5 Å². The van der Waals surface area contributed by atoms with Gasteiger partial charge < -0.3 is 10.2 Å². The molecule has 1 aliphatic heterocycles. The highest BCUT2D eigenvalue weighted by Gasteiger charge is 2.24. The second-order valence-electron chi connectivity index (χ2n) is 6.85. The van der Waals surface area contributed by atoms with Crippen LogP contribution in [0.25, 0.3) is 0 Å². The average molecular weight is 326 g/mol. The van der Waals surface area contributed by atoms with Crippen molar-refractivity contribution >= 4 is 11.8 Å². The van der Waals surface area contributed by atoms with Crippen LogP contribution in [0.2, 0.25) is 0 Å². The fourth-order valence-electron chi connectivity index (χ4n) is 3.23. The van der Waals surface area contributed by atoms with E-state index in [1.54, 1.807) is 6.20 Å². The summed E-state index contributed by atoms with van der Waals surface area (Å²) in [6.45, 7) is 10.7. The molecular weight excluding hydrogens is 300 g/mol. The van der Waals surface area contributed by atoms with Crippen LogP contribution >= 0.6 is 0 Å². The lowest BCUT2D eigenvalue weighted by Crippen LogP contribution is -2.39. The first-order chi connectivity index (χ1) is 11.5. The van der Waals surface area contributed by atoms with Crippen molar-refractivity contribution in [2.45, 2.75) is 52.5 Å². The number of likely N-dealkylation sites (tertiary alicyclic amines) is 1. The number of nitrogens with zero attached hydrogens (tertiary/aromatic N) is 5. The monoisotopic (exact) mass is 326 g/mol. The van der Waals surface area contributed by atoms with Crippen molar-refractivity contribution in [1.82, 2.24) is 24.8 Å². The highest BCUT2D eigenvalue weighted by molar-refractivity contribution is 5.46. The molecule has 3 rings (SSSR count). The van der Waals surface area contributed by atoms with Crippen LogP contribution in [0.1, 0.15) is 49.7 Å². The van der Waals surface area contributed by atoms with Gasteiger partial charge in [0.05, 0.1) is 18.1 Å². The molecule has 2 aromatic rings. The fourth-order valence-corrected chi connectivity index (χ4v) is 3.23. The minimum atomic E-state index is 0.472. The molecule has 0 amide bonds. The lowest BCUT2D eigenvalue weighted by atomic mass is 9.94. The Bertz CT molecular complexity index is 662. The van der Waals surface area contributed by atoms with Crippen molar-refractivity contribution in [2.24, 2.45) is 0 Å². The first-order valence-corrected chi connectivity index (χ1v) is 8.66. The van der Waals surface area contributed by atoms with Crippen LogP contribution in [-0.4, -0.2) is 44.0 Å². The number of nitrogens with one attached hydrogen (secondary N) is 1. The molecule has 6 heteroatoms. The van der Waals surface area contributed by atoms with Gasteiger partial charge in [0.1, 0.15) is 0 Å². The standard InChI is InChI=1S/C18H26N6/c1-12(2)24-7-5-6-15(11-24)16-9-20-17(10-19-16)23-18-21-13(3)8-14(4)22-18/h8-10,12,15H,5-7,11H2,1-4H3,(H,20,21,22,23). The smallest absolute Gasteiger partial charge is 0.228 e. The molecule has 0 radical (unpaired) electrons. The number of piperidine rings is 1. The third-order valence-electron chi connectivity index (χ3n) is 4.50. The zero-order valence-electron chi connectivity index (χ0n) is 15.0. The second kappa shape index (κ2) is 7.21. The average Bonchev–Trinajstić information content (AvgIpc) is 2.54. The van der Waals surface area contributed by atoms with Crippen LogP contribution in [-0.2, 0) is 0 Å². The van der Waals surface area contributed by atoms with Gasteiger partial charge in [-0.15, -0.1) is 0 Å². The summed E-state index contributed by atoms with van der Waals surface area (Å²) in [6, 6.07) is 2.53. The fraction of sp³-hybridized carbons (Fsp3) is 0.556. The molecule has 1 atom stereocenters. The quantitative estimate of drug-likeness (QED) is 0.930. The van der Waals surface area contributed by atoms with Crippen molar-refractivity contribution in [3.8, 4) is 0 Å². The summed E-state index contributed by atoms with van der Waals surface area (Å²) in [5.41, 5.74) is 2.95. The molecule has 128 valence electrons. The summed E-state index contributed by atoms with van der Waals surface area (Å²) in [5.74, 6) is 1.72. The molecule has 6 nitrogen and oxygen atoms in total. The van der Waals surface area contributed by atoms with Gasteiger partial charge in [-0.1, -0.05) is 0 Å². The molecule has 2 aromatic heterocycles. The molecular formula is C18H26N6. The molecule has 0 aliphatic carbocycles. The van der Waals surface area contributed by atoms with Gasteiger partial charge in [-0.2, -0.15) is 0 Å². The summed E-state index contributed by atoms with van der Waals surface area (Å²) in [4.78, 5) is 20.4. The van der Waals surface area contributed by atoms with Crippen LogP contribution in [0, 0.1) is 13.8 Å². The van der Waals surface area contributed by atoms with Crippen molar-refractivity contribution in [1.29, 1.82) is 0 Å². The van der Waals surface area contributed by atoms with E-state index >= 15 is 0 Å². The molecule has 0 aromatic carbocycles. The molecule has 1 saturated heterocycles. The maximum atomic E-state index is 4.63. The normalized spacial score (nSPS) is 18.8. The van der Waals surface area contributed by atoms with E-state index in [0.717, 1.165) is 23.6 Å². The highest BCUT2D eigenvalue weighted by Crippen LogP contribution is 2.26. The first-order valence-electron chi connectivity index (χ1n) is 8.66. The summed E-state index contributed by atoms with van der Waals surface area (Å²) >= 11 is 0. The Morgan fingerprint density at radius 2 is 1.88 bits per heavy atom. The minimum Gasteiger partial charge on any atom is -0.307 e. The predicted molar refractivity (Wildman–Crippen MR) is 95.5 cm³/mol. The van der Waals surface area contributed by atoms with Crippen LogP contribution < -0.4 is 5.32 Å². The zero-order chi connectivity index (χ0) is 17.1. The molecule has 1 fully saturated rings. The largest absolute Gasteiger partial charge is 0.307 e. The molecule has 24 heavy (non-hydrogen) atoms. The van der Waals surface area contributed by atoms with E-state index < -0.39 is 0 Å². The molecule has 0 saturated carbocycles. The maximum absolute atomic E-state index is 4.63. The molecule has 0 spiro atoms. The number of rotatable bonds is 4. The third kappa shape index (κ3) is 4.06. The Hall–Kier alpha value is -2.08. The Kier molecular flexibility index (Phi) is 5.04. The molecule has 1 N–H and O–H groups in total. The van der Waals surface area contributed by atoms with E-state index in [4.69, 9.17) is 0 Å². The van der Waals surface area contributed by atoms with Crippen LogP contribution in [0.4, 0.5) is 11.8 Å². The van der Waals surface area contributed by atoms with Crippen molar-refractivity contribution < 1.29 is 0 Å². The minimum absolute atomic E-state index is 0.472. The Morgan fingerprint density at radius 3 is 2.50 bits per heavy atom. The van der Waals surface area contributed by atoms with Gasteiger partial charge in [-0.05, 0) is 53.1 Å². The van der Waals surface area contributed by atoms with Crippen LogP contribution in [0.5, 0.6) is 0 Å². The topological polar surface area (TPSA) is 66.8 Å². The first kappa shape index (κ1) is 16.8. The van der Waals surface area contributed by atoms with Gasteiger partial charge in [-0.3, -0.25) is 4.98 Å². The van der Waals surface area contributed by atoms with Gasteiger partial charge >= 0.3 is 0 Å². The Labute approximate surface area is 143 Å². The zero-order valence-corrected chi connectivity index (χ0v) is 15.0. The van der Waals surface area contributed by atoms with Crippen molar-refractivity contribution in [2.75, 3.05) is 18.4 Å². The third-order valence-corrected chi connectivity index (χ3v) is 4.50. The summed E-state index contributed by atoms with van der Waals surface area (Å²) in [5, 5.41) is 3.14. The van der Waals surface area contributed by atoms with Gasteiger partial charge in [0.2, 0.25) is 5.95 Å². The van der Waals surface area contributed by atoms with Crippen LogP contribution in [0.3, 0.4) is 0 Å². The van der Waals surface area contributed by atoms with Crippen molar-refractivity contribution in [3.63, 3.8) is 0 Å². The van der Waals surface area contributed by atoms with E-state index in [-0.39, 0.29) is 0 Å². The highest BCUT2D eigenvalue weighted by atomic mass is 15.2. The van der Waals surface area contributed by atoms with E-state index in [1.165, 1.54) is 19.4 Å². The number of anilines is 2. The number of hydrogen-bond acceptors (Lipinski definition) is 6. The van der Waals surface area contributed by atoms with E-state index in [2.05, 4.69) is 44.0 Å². The summed E-state index contributed by atoms with van der Waals surface area (Å²) in [7, 11) is 0. The molecule has 1 unspecified atom stereocenters. The number of aromatic nitrogens is 4. The van der Waals surface area contributed by atoms with Gasteiger partial charge in [0.25, 0.3) is 0 Å². The predicted octanol–water partition coefficient (Wildman–Crippen LogP) is 3.21. The second-order valence-corrected chi connectivity index (χ2v) is 6.85. The van der Waals surface area contributed by atoms with Crippen LogP contribution in [0.15, 0.2) is 18.5 Å². The van der Waals surface area contributed by atoms with E-state index in [1.807, 2.05) is 26.1 Å². The van der Waals surface area contributed by atoms with E-state index in [9.17, 15) is 0 Å². The molecule has 1 aliphatic rings. The Morgan fingerprint density at radius 1 is 1.12 bits per heavy atom.